The highest BCUT2D eigenvalue weighted by Gasteiger charge is 2.10. The van der Waals surface area contributed by atoms with E-state index in [1.165, 1.54) is 0 Å². The van der Waals surface area contributed by atoms with Crippen LogP contribution in [0.2, 0.25) is 0 Å². The number of nitrogens with zero attached hydrogens (tertiary/aromatic N) is 2. The van der Waals surface area contributed by atoms with Gasteiger partial charge in [0.05, 0.1) is 22.1 Å². The van der Waals surface area contributed by atoms with E-state index in [0.717, 1.165) is 11.0 Å². The topological polar surface area (TPSA) is 54.6 Å². The van der Waals surface area contributed by atoms with Gasteiger partial charge in [-0.1, -0.05) is 5.92 Å². The van der Waals surface area contributed by atoms with E-state index in [1.54, 1.807) is 18.2 Å². The number of carboxylic acids is 1. The highest BCUT2D eigenvalue weighted by atomic mass is 16.4. The van der Waals surface area contributed by atoms with Crippen LogP contribution < -0.4 is 0 Å². The van der Waals surface area contributed by atoms with Crippen LogP contribution in [0.5, 0.6) is 0 Å². The number of carboxylic acid groups (broad SMARTS) is 1. The minimum absolute atomic E-state index is 0.122. The molecule has 110 valence electrons. The van der Waals surface area contributed by atoms with Crippen LogP contribution in [0.3, 0.4) is 0 Å². The zero-order valence-corrected chi connectivity index (χ0v) is 12.7. The van der Waals surface area contributed by atoms with Crippen LogP contribution in [0.25, 0.3) is 16.6 Å². The molecule has 2 aromatic heterocycles. The van der Waals surface area contributed by atoms with Crippen LogP contribution in [-0.4, -0.2) is 20.5 Å². The van der Waals surface area contributed by atoms with E-state index in [-0.39, 0.29) is 11.0 Å². The normalized spacial score (nSPS) is 11.4. The molecular formula is C18H16N2O2. The van der Waals surface area contributed by atoms with Gasteiger partial charge in [-0.05, 0) is 57.0 Å². The summed E-state index contributed by atoms with van der Waals surface area (Å²) in [6.07, 6.45) is 1.93. The lowest BCUT2D eigenvalue weighted by molar-refractivity contribution is 0.0697. The molecule has 0 bridgehead atoms. The highest BCUT2D eigenvalue weighted by Crippen LogP contribution is 2.20. The number of rotatable bonds is 1. The first-order valence-corrected chi connectivity index (χ1v) is 7.02. The highest BCUT2D eigenvalue weighted by molar-refractivity contribution is 5.93. The van der Waals surface area contributed by atoms with E-state index in [1.807, 2.05) is 43.5 Å². The predicted molar refractivity (Wildman–Crippen MR) is 86.0 cm³/mol. The van der Waals surface area contributed by atoms with Crippen molar-refractivity contribution in [2.45, 2.75) is 20.8 Å². The fourth-order valence-electron chi connectivity index (χ4n) is 2.25. The summed E-state index contributed by atoms with van der Waals surface area (Å²) in [6, 6.07) is 8.85. The molecule has 0 aliphatic rings. The van der Waals surface area contributed by atoms with Gasteiger partial charge in [-0.15, -0.1) is 0 Å². The van der Waals surface area contributed by atoms with Gasteiger partial charge in [0.2, 0.25) is 0 Å². The van der Waals surface area contributed by atoms with Crippen LogP contribution >= 0.6 is 0 Å². The maximum atomic E-state index is 11.1. The SMILES string of the molecule is CC(C)(C)C#Cc1nc2cc(C(=O)O)ccc2n2cccc12. The van der Waals surface area contributed by atoms with Crippen molar-refractivity contribution in [1.82, 2.24) is 9.38 Å². The number of benzene rings is 1. The summed E-state index contributed by atoms with van der Waals surface area (Å²) >= 11 is 0. The minimum atomic E-state index is -0.960. The molecule has 0 aliphatic carbocycles. The van der Waals surface area contributed by atoms with Crippen LogP contribution in [0.4, 0.5) is 0 Å². The number of hydrogen-bond donors (Lipinski definition) is 1. The molecule has 2 heterocycles. The van der Waals surface area contributed by atoms with Crippen LogP contribution in [-0.2, 0) is 0 Å². The number of fused-ring (bicyclic) bond motifs is 3. The molecule has 0 atom stereocenters. The van der Waals surface area contributed by atoms with Crippen molar-refractivity contribution in [3.63, 3.8) is 0 Å². The van der Waals surface area contributed by atoms with E-state index < -0.39 is 5.97 Å². The third-order valence-corrected chi connectivity index (χ3v) is 3.26. The summed E-state index contributed by atoms with van der Waals surface area (Å²) in [5, 5.41) is 9.13. The summed E-state index contributed by atoms with van der Waals surface area (Å²) in [4.78, 5) is 15.7. The minimum Gasteiger partial charge on any atom is -0.478 e. The van der Waals surface area contributed by atoms with Crippen molar-refractivity contribution >= 4 is 22.5 Å². The Balaban J connectivity index is 2.32. The number of aromatic nitrogens is 2. The summed E-state index contributed by atoms with van der Waals surface area (Å²) in [6.45, 7) is 6.12. The van der Waals surface area contributed by atoms with Crippen molar-refractivity contribution in [3.05, 3.63) is 47.8 Å². The van der Waals surface area contributed by atoms with E-state index in [9.17, 15) is 4.79 Å². The van der Waals surface area contributed by atoms with Crippen LogP contribution in [0.15, 0.2) is 36.5 Å². The second-order valence-corrected chi connectivity index (χ2v) is 6.23. The van der Waals surface area contributed by atoms with E-state index in [2.05, 4.69) is 16.8 Å². The Hall–Kier alpha value is -2.80. The average Bonchev–Trinajstić information content (AvgIpc) is 2.92. The van der Waals surface area contributed by atoms with Gasteiger partial charge in [-0.3, -0.25) is 0 Å². The summed E-state index contributed by atoms with van der Waals surface area (Å²) in [5.74, 6) is 5.35. The Bertz CT molecular complexity index is 950. The molecule has 3 rings (SSSR count). The average molecular weight is 292 g/mol. The van der Waals surface area contributed by atoms with Gasteiger partial charge in [0.1, 0.15) is 5.69 Å². The molecule has 0 aliphatic heterocycles. The molecular weight excluding hydrogens is 276 g/mol. The largest absolute Gasteiger partial charge is 0.478 e. The van der Waals surface area contributed by atoms with E-state index in [0.29, 0.717) is 11.2 Å². The monoisotopic (exact) mass is 292 g/mol. The van der Waals surface area contributed by atoms with E-state index in [4.69, 9.17) is 5.11 Å². The lowest BCUT2D eigenvalue weighted by Crippen LogP contribution is -2.02. The molecule has 0 radical (unpaired) electrons. The number of hydrogen-bond acceptors (Lipinski definition) is 2. The van der Waals surface area contributed by atoms with Crippen LogP contribution in [0, 0.1) is 17.3 Å². The maximum Gasteiger partial charge on any atom is 0.335 e. The zero-order valence-electron chi connectivity index (χ0n) is 12.7. The first-order valence-electron chi connectivity index (χ1n) is 7.02. The molecule has 0 fully saturated rings. The van der Waals surface area contributed by atoms with Gasteiger partial charge in [-0.25, -0.2) is 9.78 Å². The van der Waals surface area contributed by atoms with Gasteiger partial charge in [0.15, 0.2) is 0 Å². The predicted octanol–water partition coefficient (Wildman–Crippen LogP) is 3.58. The second-order valence-electron chi connectivity index (χ2n) is 6.23. The molecule has 4 heteroatoms. The quantitative estimate of drug-likeness (QED) is 0.697. The van der Waals surface area contributed by atoms with Crippen molar-refractivity contribution in [2.75, 3.05) is 0 Å². The van der Waals surface area contributed by atoms with Crippen molar-refractivity contribution in [2.24, 2.45) is 5.41 Å². The Morgan fingerprint density at radius 3 is 2.68 bits per heavy atom. The molecule has 0 saturated heterocycles. The van der Waals surface area contributed by atoms with Crippen LogP contribution in [0.1, 0.15) is 36.8 Å². The van der Waals surface area contributed by atoms with Crippen molar-refractivity contribution in [1.29, 1.82) is 0 Å². The van der Waals surface area contributed by atoms with Gasteiger partial charge in [0, 0.05) is 11.6 Å². The molecule has 22 heavy (non-hydrogen) atoms. The van der Waals surface area contributed by atoms with E-state index >= 15 is 0 Å². The molecule has 4 nitrogen and oxygen atoms in total. The van der Waals surface area contributed by atoms with Gasteiger partial charge in [0.25, 0.3) is 0 Å². The summed E-state index contributed by atoms with van der Waals surface area (Å²) in [5.41, 5.74) is 3.18. The fourth-order valence-corrected chi connectivity index (χ4v) is 2.25. The molecule has 0 spiro atoms. The standard InChI is InChI=1S/C18H16N2O2/c1-18(2,3)9-8-13-15-5-4-10-20(15)16-7-6-12(17(21)22)11-14(16)19-13/h4-7,10-11H,1-3H3,(H,21,22). The summed E-state index contributed by atoms with van der Waals surface area (Å²) < 4.78 is 1.99. The molecule has 0 saturated carbocycles. The smallest absolute Gasteiger partial charge is 0.335 e. The molecule has 3 aromatic rings. The number of aromatic carboxylic acids is 1. The molecule has 0 unspecified atom stereocenters. The zero-order chi connectivity index (χ0) is 15.9. The van der Waals surface area contributed by atoms with Gasteiger partial charge >= 0.3 is 5.97 Å². The van der Waals surface area contributed by atoms with Crippen molar-refractivity contribution < 1.29 is 9.90 Å². The number of carbonyl (C=O) groups is 1. The molecule has 1 N–H and O–H groups in total. The summed E-state index contributed by atoms with van der Waals surface area (Å²) in [7, 11) is 0. The first-order chi connectivity index (χ1) is 10.3. The molecule has 0 amide bonds. The lowest BCUT2D eigenvalue weighted by atomic mass is 9.98. The lowest BCUT2D eigenvalue weighted by Gasteiger charge is -2.08. The van der Waals surface area contributed by atoms with Crippen molar-refractivity contribution in [3.8, 4) is 11.8 Å². The first kappa shape index (κ1) is 14.2. The fraction of sp³-hybridized carbons (Fsp3) is 0.222. The Kier molecular flexibility index (Phi) is 3.14. The van der Waals surface area contributed by atoms with Gasteiger partial charge < -0.3 is 9.51 Å². The maximum absolute atomic E-state index is 11.1. The Morgan fingerprint density at radius 1 is 1.23 bits per heavy atom. The Labute approximate surface area is 128 Å². The second kappa shape index (κ2) is 4.88. The third kappa shape index (κ3) is 2.53. The Morgan fingerprint density at radius 2 is 2.00 bits per heavy atom. The third-order valence-electron chi connectivity index (χ3n) is 3.26. The van der Waals surface area contributed by atoms with Gasteiger partial charge in [-0.2, -0.15) is 0 Å². The molecule has 1 aromatic carbocycles.